The van der Waals surface area contributed by atoms with E-state index in [0.717, 1.165) is 5.92 Å². The van der Waals surface area contributed by atoms with Crippen LogP contribution in [0.4, 0.5) is 0 Å². The molecule has 0 unspecified atom stereocenters. The van der Waals surface area contributed by atoms with E-state index in [2.05, 4.69) is 36.4 Å². The summed E-state index contributed by atoms with van der Waals surface area (Å²) in [6.07, 6.45) is 9.06. The van der Waals surface area contributed by atoms with E-state index in [9.17, 15) is 0 Å². The van der Waals surface area contributed by atoms with Crippen molar-refractivity contribution in [3.8, 4) is 0 Å². The van der Waals surface area contributed by atoms with Crippen molar-refractivity contribution in [2.45, 2.75) is 24.7 Å². The monoisotopic (exact) mass is 278 g/mol. The molecule has 0 aromatic heterocycles. The zero-order valence-corrected chi connectivity index (χ0v) is 11.5. The van der Waals surface area contributed by atoms with Crippen LogP contribution >= 0.6 is 0 Å². The Labute approximate surface area is 120 Å². The molecule has 0 amide bonds. The van der Waals surface area contributed by atoms with E-state index >= 15 is 0 Å². The van der Waals surface area contributed by atoms with Crippen molar-refractivity contribution in [1.82, 2.24) is 0 Å². The van der Waals surface area contributed by atoms with Crippen molar-refractivity contribution in [2.24, 2.45) is 5.92 Å². The maximum Gasteiger partial charge on any atom is 2.00 e. The molecular weight excluding hydrogens is 260 g/mol. The first-order valence-corrected chi connectivity index (χ1v) is 6.51. The molecule has 1 heteroatoms. The summed E-state index contributed by atoms with van der Waals surface area (Å²) in [6.45, 7) is 0. The Kier molecular flexibility index (Phi) is 4.27. The number of hydrogen-bond acceptors (Lipinski definition) is 0. The van der Waals surface area contributed by atoms with Crippen molar-refractivity contribution in [1.29, 1.82) is 0 Å². The number of hydrogen-bond donors (Lipinski definition) is 0. The van der Waals surface area contributed by atoms with Gasteiger partial charge in [-0.05, 0) is 24.2 Å². The van der Waals surface area contributed by atoms with Crippen LogP contribution in [0.5, 0.6) is 0 Å². The van der Waals surface area contributed by atoms with Gasteiger partial charge in [0.25, 0.3) is 0 Å². The molecule has 0 saturated heterocycles. The molecular formula is C17H18Fe. The van der Waals surface area contributed by atoms with Crippen LogP contribution in [-0.4, -0.2) is 0 Å². The van der Waals surface area contributed by atoms with E-state index in [1.54, 1.807) is 0 Å². The summed E-state index contributed by atoms with van der Waals surface area (Å²) < 4.78 is 0. The predicted octanol–water partition coefficient (Wildman–Crippen LogP) is 4.42. The maximum atomic E-state index is 2.38. The van der Waals surface area contributed by atoms with Crippen molar-refractivity contribution in [2.75, 3.05) is 0 Å². The maximum absolute atomic E-state index is 2.38. The molecule has 2 aromatic rings. The van der Waals surface area contributed by atoms with Crippen LogP contribution in [-0.2, 0) is 22.5 Å². The van der Waals surface area contributed by atoms with E-state index in [0.29, 0.717) is 5.41 Å². The van der Waals surface area contributed by atoms with Gasteiger partial charge in [0.05, 0.1) is 0 Å². The molecule has 0 radical (unpaired) electrons. The zero-order valence-electron chi connectivity index (χ0n) is 10.4. The molecule has 0 N–H and O–H groups in total. The van der Waals surface area contributed by atoms with E-state index in [1.807, 2.05) is 30.3 Å². The fraction of sp³-hybridized carbons (Fsp3) is 0.294. The van der Waals surface area contributed by atoms with Crippen LogP contribution < -0.4 is 0 Å². The van der Waals surface area contributed by atoms with E-state index < -0.39 is 0 Å². The Hall–Kier alpha value is -1.04. The third-order valence-electron chi connectivity index (χ3n) is 4.02. The van der Waals surface area contributed by atoms with Gasteiger partial charge in [-0.15, -0.1) is 5.56 Å². The predicted molar refractivity (Wildman–Crippen MR) is 72.2 cm³/mol. The second-order valence-corrected chi connectivity index (χ2v) is 5.03. The van der Waals surface area contributed by atoms with Crippen LogP contribution in [0.3, 0.4) is 0 Å². The summed E-state index contributed by atoms with van der Waals surface area (Å²) in [5.74, 6) is 0.930. The van der Waals surface area contributed by atoms with Crippen molar-refractivity contribution in [3.63, 3.8) is 0 Å². The fourth-order valence-corrected chi connectivity index (χ4v) is 2.66. The van der Waals surface area contributed by atoms with Crippen LogP contribution in [0.15, 0.2) is 66.7 Å². The first kappa shape index (κ1) is 13.4. The van der Waals surface area contributed by atoms with Crippen molar-refractivity contribution >= 4 is 0 Å². The Bertz CT molecular complexity index is 434. The Morgan fingerprint density at radius 3 is 1.89 bits per heavy atom. The van der Waals surface area contributed by atoms with Gasteiger partial charge in [0.15, 0.2) is 0 Å². The average molecular weight is 278 g/mol. The van der Waals surface area contributed by atoms with Crippen LogP contribution in [0.1, 0.15) is 24.8 Å². The smallest absolute Gasteiger partial charge is 0.214 e. The second-order valence-electron chi connectivity index (χ2n) is 5.03. The average Bonchev–Trinajstić information content (AvgIpc) is 2.85. The number of rotatable bonds is 2. The molecule has 2 aliphatic carbocycles. The normalized spacial score (nSPS) is 19.1. The molecule has 2 aliphatic rings. The minimum Gasteiger partial charge on any atom is -0.214 e. The topological polar surface area (TPSA) is 0 Å². The fourth-order valence-electron chi connectivity index (χ4n) is 2.66. The van der Waals surface area contributed by atoms with Gasteiger partial charge in [0, 0.05) is 0 Å². The van der Waals surface area contributed by atoms with Gasteiger partial charge in [0.1, 0.15) is 0 Å². The summed E-state index contributed by atoms with van der Waals surface area (Å²) in [7, 11) is 0. The van der Waals surface area contributed by atoms with Crippen molar-refractivity contribution < 1.29 is 17.1 Å². The van der Waals surface area contributed by atoms with Gasteiger partial charge in [-0.1, -0.05) is 18.6 Å². The molecule has 0 aliphatic heterocycles. The van der Waals surface area contributed by atoms with Crippen LogP contribution in [0.25, 0.3) is 0 Å². The molecule has 1 fully saturated rings. The summed E-state index contributed by atoms with van der Waals surface area (Å²) in [4.78, 5) is 0. The summed E-state index contributed by atoms with van der Waals surface area (Å²) >= 11 is 0. The summed E-state index contributed by atoms with van der Waals surface area (Å²) in [6, 6.07) is 18.8. The molecule has 0 spiro atoms. The zero-order chi connectivity index (χ0) is 11.6. The molecule has 18 heavy (non-hydrogen) atoms. The van der Waals surface area contributed by atoms with Gasteiger partial charge >= 0.3 is 17.1 Å². The molecule has 0 nitrogen and oxygen atoms in total. The molecule has 0 heterocycles. The minimum absolute atomic E-state index is 0. The summed E-state index contributed by atoms with van der Waals surface area (Å²) in [5.41, 5.74) is 1.94. The molecule has 1 saturated carbocycles. The Balaban J connectivity index is 0.000000172. The van der Waals surface area contributed by atoms with Gasteiger partial charge in [-0.25, -0.2) is 24.3 Å². The SMILES string of the molecule is C1=CC1([c-]1cccc1)C1CCC1.[Fe+2].c1cc[cH-]c1. The molecule has 94 valence electrons. The third kappa shape index (κ3) is 2.53. The largest absolute Gasteiger partial charge is 2.00 e. The third-order valence-corrected chi connectivity index (χ3v) is 4.02. The second kappa shape index (κ2) is 5.73. The van der Waals surface area contributed by atoms with E-state index in [-0.39, 0.29) is 17.1 Å². The van der Waals surface area contributed by atoms with Gasteiger partial charge < -0.3 is 0 Å². The van der Waals surface area contributed by atoms with Gasteiger partial charge in [0.2, 0.25) is 0 Å². The summed E-state index contributed by atoms with van der Waals surface area (Å²) in [5, 5.41) is 0. The van der Waals surface area contributed by atoms with E-state index in [4.69, 9.17) is 0 Å². The van der Waals surface area contributed by atoms with Gasteiger partial charge in [-0.2, -0.15) is 30.3 Å². The molecule has 2 aromatic carbocycles. The van der Waals surface area contributed by atoms with Crippen molar-refractivity contribution in [3.05, 3.63) is 72.3 Å². The number of allylic oxidation sites excluding steroid dienone is 2. The standard InChI is InChI=1S/C12H13.C5H5.Fe/c1-2-5-10(4-1)12(8-9-12)11-6-3-7-11;1-2-4-5-3-1;/h1-2,4-5,8-9,11H,3,6-7H2;1-5H;/q2*-1;+2. The first-order valence-electron chi connectivity index (χ1n) is 6.51. The molecule has 4 rings (SSSR count). The first-order chi connectivity index (χ1) is 8.42. The quantitative estimate of drug-likeness (QED) is 0.433. The minimum atomic E-state index is 0. The Morgan fingerprint density at radius 2 is 1.56 bits per heavy atom. The van der Waals surface area contributed by atoms with E-state index in [1.165, 1.54) is 24.8 Å². The molecule has 0 bridgehead atoms. The van der Waals surface area contributed by atoms with Crippen LogP contribution in [0, 0.1) is 5.92 Å². The molecule has 0 atom stereocenters. The Morgan fingerprint density at radius 1 is 0.944 bits per heavy atom. The van der Waals surface area contributed by atoms with Crippen LogP contribution in [0.2, 0.25) is 0 Å². The van der Waals surface area contributed by atoms with Gasteiger partial charge in [-0.3, -0.25) is 0 Å².